The highest BCUT2D eigenvalue weighted by Crippen LogP contribution is 2.08. The van der Waals surface area contributed by atoms with Gasteiger partial charge >= 0.3 is 0 Å². The summed E-state index contributed by atoms with van der Waals surface area (Å²) in [5.41, 5.74) is 0. The molecule has 0 N–H and O–H groups in total. The van der Waals surface area contributed by atoms with Crippen LogP contribution in [-0.4, -0.2) is 48.2 Å². The molecule has 0 bridgehead atoms. The van der Waals surface area contributed by atoms with Gasteiger partial charge in [0.25, 0.3) is 0 Å². The van der Waals surface area contributed by atoms with Gasteiger partial charge in [0.2, 0.25) is 0 Å². The van der Waals surface area contributed by atoms with Crippen molar-refractivity contribution in [2.24, 2.45) is 0 Å². The Morgan fingerprint density at radius 3 is 1.92 bits per heavy atom. The first-order chi connectivity index (χ1) is 5.86. The van der Waals surface area contributed by atoms with E-state index in [0.29, 0.717) is 0 Å². The van der Waals surface area contributed by atoms with Crippen LogP contribution < -0.4 is 0 Å². The Bertz CT molecular complexity index is 78.5. The second-order valence-electron chi connectivity index (χ2n) is 2.55. The monoisotopic (exact) mass is 190 g/mol. The summed E-state index contributed by atoms with van der Waals surface area (Å²) in [4.78, 5) is 2.49. The van der Waals surface area contributed by atoms with Crippen molar-refractivity contribution in [3.8, 4) is 0 Å². The lowest BCUT2D eigenvalue weighted by atomic mass is 10.4. The van der Waals surface area contributed by atoms with Gasteiger partial charge in [0.1, 0.15) is 0 Å². The highest BCUT2D eigenvalue weighted by atomic mass is 32.2. The molecule has 2 nitrogen and oxygen atoms in total. The maximum Gasteiger partial charge on any atom is 0.0218 e. The van der Waals surface area contributed by atoms with Crippen LogP contribution in [0.3, 0.4) is 0 Å². The Labute approximate surface area is 81.4 Å². The minimum absolute atomic E-state index is 1.21. The van der Waals surface area contributed by atoms with E-state index in [1.54, 1.807) is 0 Å². The van der Waals surface area contributed by atoms with Gasteiger partial charge in [-0.05, 0) is 12.8 Å². The zero-order valence-electron chi connectivity index (χ0n) is 8.84. The van der Waals surface area contributed by atoms with Crippen molar-refractivity contribution in [2.45, 2.75) is 20.8 Å². The maximum absolute atomic E-state index is 2.49. The van der Waals surface area contributed by atoms with Gasteiger partial charge in [-0.1, -0.05) is 32.7 Å². The molecule has 0 atom stereocenters. The maximum atomic E-state index is 2.49. The first-order valence-electron chi connectivity index (χ1n) is 4.88. The Hall–Kier alpha value is 0.270. The number of hydrogen-bond donors (Lipinski definition) is 0. The average Bonchev–Trinajstić information content (AvgIpc) is 2.21. The van der Waals surface area contributed by atoms with Crippen molar-refractivity contribution in [1.82, 2.24) is 9.21 Å². The van der Waals surface area contributed by atoms with Gasteiger partial charge in [-0.2, -0.15) is 0 Å². The fraction of sp³-hybridized carbons (Fsp3) is 1.00. The number of piperazine rings is 1. The van der Waals surface area contributed by atoms with Crippen LogP contribution >= 0.6 is 11.9 Å². The van der Waals surface area contributed by atoms with Gasteiger partial charge in [-0.15, -0.1) is 0 Å². The largest absolute Gasteiger partial charge is 0.301 e. The molecule has 1 aliphatic rings. The van der Waals surface area contributed by atoms with E-state index in [0.717, 1.165) is 0 Å². The molecule has 0 radical (unpaired) electrons. The molecule has 0 saturated carbocycles. The first-order valence-corrected chi connectivity index (χ1v) is 6.06. The highest BCUT2D eigenvalue weighted by Gasteiger charge is 2.13. The minimum Gasteiger partial charge on any atom is -0.301 e. The minimum atomic E-state index is 1.21. The second-order valence-corrected chi connectivity index (χ2v) is 3.43. The third-order valence-electron chi connectivity index (χ3n) is 2.04. The Morgan fingerprint density at radius 2 is 1.58 bits per heavy atom. The fourth-order valence-electron chi connectivity index (χ4n) is 1.23. The lowest BCUT2D eigenvalue weighted by Crippen LogP contribution is -2.42. The predicted molar refractivity (Wildman–Crippen MR) is 58.6 cm³/mol. The van der Waals surface area contributed by atoms with Crippen molar-refractivity contribution in [2.75, 3.05) is 39.0 Å². The normalized spacial score (nSPS) is 20.0. The third kappa shape index (κ3) is 4.33. The van der Waals surface area contributed by atoms with E-state index < -0.39 is 0 Å². The molecule has 1 saturated heterocycles. The van der Waals surface area contributed by atoms with Crippen molar-refractivity contribution in [3.05, 3.63) is 0 Å². The van der Waals surface area contributed by atoms with Crippen LogP contribution in [0.5, 0.6) is 0 Å². The van der Waals surface area contributed by atoms with Gasteiger partial charge < -0.3 is 4.90 Å². The van der Waals surface area contributed by atoms with Crippen molar-refractivity contribution >= 4 is 11.9 Å². The Balaban J connectivity index is 0.000000561. The summed E-state index contributed by atoms with van der Waals surface area (Å²) < 4.78 is 2.42. The van der Waals surface area contributed by atoms with E-state index in [1.807, 2.05) is 25.8 Å². The molecule has 0 unspecified atom stereocenters. The highest BCUT2D eigenvalue weighted by molar-refractivity contribution is 7.96. The number of likely N-dealkylation sites (N-methyl/N-ethyl adjacent to an activating group) is 1. The van der Waals surface area contributed by atoms with Crippen molar-refractivity contribution in [3.63, 3.8) is 0 Å². The average molecular weight is 190 g/mol. The van der Waals surface area contributed by atoms with Crippen LogP contribution in [0.1, 0.15) is 20.8 Å². The van der Waals surface area contributed by atoms with Crippen LogP contribution in [0.25, 0.3) is 0 Å². The molecule has 0 aromatic heterocycles. The topological polar surface area (TPSA) is 6.48 Å². The van der Waals surface area contributed by atoms with Gasteiger partial charge in [-0.3, -0.25) is 0 Å². The fourth-order valence-corrected chi connectivity index (χ4v) is 1.76. The molecule has 0 aliphatic carbocycles. The molecule has 1 rings (SSSR count). The molecule has 3 heteroatoms. The quantitative estimate of drug-likeness (QED) is 0.614. The number of rotatable bonds is 2. The van der Waals surface area contributed by atoms with E-state index in [9.17, 15) is 0 Å². The van der Waals surface area contributed by atoms with Crippen LogP contribution in [0.2, 0.25) is 0 Å². The van der Waals surface area contributed by atoms with E-state index in [4.69, 9.17) is 0 Å². The zero-order valence-corrected chi connectivity index (χ0v) is 9.65. The van der Waals surface area contributed by atoms with Crippen LogP contribution in [0, 0.1) is 0 Å². The molecule has 74 valence electrons. The smallest absolute Gasteiger partial charge is 0.0218 e. The van der Waals surface area contributed by atoms with Crippen molar-refractivity contribution in [1.29, 1.82) is 0 Å². The summed E-state index contributed by atoms with van der Waals surface area (Å²) in [7, 11) is 0. The summed E-state index contributed by atoms with van der Waals surface area (Å²) in [5, 5.41) is 0. The lowest BCUT2D eigenvalue weighted by Gasteiger charge is -2.32. The van der Waals surface area contributed by atoms with Crippen LogP contribution in [0.15, 0.2) is 0 Å². The van der Waals surface area contributed by atoms with Crippen LogP contribution in [0.4, 0.5) is 0 Å². The molecule has 1 fully saturated rings. The van der Waals surface area contributed by atoms with Gasteiger partial charge in [0, 0.05) is 26.2 Å². The molecule has 1 heterocycles. The molecule has 12 heavy (non-hydrogen) atoms. The SMILES string of the molecule is CC.CCN1CCN(SC)CC1. The molecule has 1 aliphatic heterocycles. The summed E-state index contributed by atoms with van der Waals surface area (Å²) in [6, 6.07) is 0. The molecule has 0 spiro atoms. The first kappa shape index (κ1) is 12.3. The molecular weight excluding hydrogens is 168 g/mol. The zero-order chi connectivity index (χ0) is 9.40. The summed E-state index contributed by atoms with van der Waals surface area (Å²) in [5.74, 6) is 0. The van der Waals surface area contributed by atoms with E-state index in [1.165, 1.54) is 32.7 Å². The number of hydrogen-bond acceptors (Lipinski definition) is 3. The van der Waals surface area contributed by atoms with E-state index in [2.05, 4.69) is 22.4 Å². The van der Waals surface area contributed by atoms with Gasteiger partial charge in [0.15, 0.2) is 0 Å². The number of nitrogens with zero attached hydrogens (tertiary/aromatic N) is 2. The van der Waals surface area contributed by atoms with Gasteiger partial charge in [0.05, 0.1) is 0 Å². The van der Waals surface area contributed by atoms with E-state index >= 15 is 0 Å². The Morgan fingerprint density at radius 1 is 1.08 bits per heavy atom. The third-order valence-corrected chi connectivity index (χ3v) is 2.92. The van der Waals surface area contributed by atoms with E-state index in [-0.39, 0.29) is 0 Å². The lowest BCUT2D eigenvalue weighted by molar-refractivity contribution is 0.205. The summed E-state index contributed by atoms with van der Waals surface area (Å²) in [6.07, 6.45) is 2.15. The van der Waals surface area contributed by atoms with Gasteiger partial charge in [-0.25, -0.2) is 4.31 Å². The molecule has 0 amide bonds. The molecular formula is C9H22N2S. The summed E-state index contributed by atoms with van der Waals surface area (Å²) in [6.45, 7) is 12.4. The predicted octanol–water partition coefficient (Wildman–Crippen LogP) is 1.93. The van der Waals surface area contributed by atoms with Crippen molar-refractivity contribution < 1.29 is 0 Å². The van der Waals surface area contributed by atoms with Crippen LogP contribution in [-0.2, 0) is 0 Å². The second kappa shape index (κ2) is 7.90. The summed E-state index contributed by atoms with van der Waals surface area (Å²) >= 11 is 1.86. The Kier molecular flexibility index (Phi) is 8.07. The standard InChI is InChI=1S/C7H16N2S.C2H6/c1-3-8-4-6-9(10-2)7-5-8;1-2/h3-7H2,1-2H3;1-2H3. The molecule has 0 aromatic carbocycles. The molecule has 0 aromatic rings.